The van der Waals surface area contributed by atoms with E-state index >= 15 is 0 Å². The van der Waals surface area contributed by atoms with E-state index in [-0.39, 0.29) is 17.6 Å². The molecule has 1 aromatic heterocycles. The molecular formula is C12H17N3O2. The number of hydrogen-bond acceptors (Lipinski definition) is 5. The molecule has 17 heavy (non-hydrogen) atoms. The summed E-state index contributed by atoms with van der Waals surface area (Å²) in [4.78, 5) is 7.99. The molecule has 0 aliphatic carbocycles. The minimum Gasteiger partial charge on any atom is -0.386 e. The van der Waals surface area contributed by atoms with Crippen molar-refractivity contribution in [3.63, 3.8) is 0 Å². The molecule has 2 aliphatic heterocycles. The average Bonchev–Trinajstić information content (AvgIpc) is 2.99. The Hall–Kier alpha value is -1.04. The van der Waals surface area contributed by atoms with Crippen LogP contribution in [0, 0.1) is 5.41 Å². The number of ether oxygens (including phenoxy) is 1. The third-order valence-electron chi connectivity index (χ3n) is 4.17. The minimum atomic E-state index is -0.661. The van der Waals surface area contributed by atoms with Gasteiger partial charge in [0.1, 0.15) is 12.4 Å². The zero-order chi connectivity index (χ0) is 11.9. The van der Waals surface area contributed by atoms with E-state index in [0.29, 0.717) is 12.2 Å². The molecular weight excluding hydrogens is 218 g/mol. The Labute approximate surface area is 100 Å². The Morgan fingerprint density at radius 1 is 1.59 bits per heavy atom. The molecule has 0 spiro atoms. The van der Waals surface area contributed by atoms with Crippen LogP contribution in [0.4, 0.5) is 0 Å². The molecule has 3 N–H and O–H groups in total. The summed E-state index contributed by atoms with van der Waals surface area (Å²) >= 11 is 0. The van der Waals surface area contributed by atoms with Crippen molar-refractivity contribution >= 4 is 0 Å². The second-order valence-electron chi connectivity index (χ2n) is 5.00. The van der Waals surface area contributed by atoms with Gasteiger partial charge in [-0.1, -0.05) is 0 Å². The zero-order valence-electron chi connectivity index (χ0n) is 9.62. The molecule has 1 aromatic rings. The quantitative estimate of drug-likeness (QED) is 0.793. The van der Waals surface area contributed by atoms with Crippen LogP contribution in [0.15, 0.2) is 18.6 Å². The molecule has 0 aromatic carbocycles. The molecule has 0 saturated carbocycles. The maximum absolute atomic E-state index is 10.5. The second kappa shape index (κ2) is 4.01. The highest BCUT2D eigenvalue weighted by Gasteiger charge is 2.56. The molecule has 4 atom stereocenters. The van der Waals surface area contributed by atoms with Crippen LogP contribution in [0.1, 0.15) is 31.1 Å². The Morgan fingerprint density at radius 2 is 2.47 bits per heavy atom. The Morgan fingerprint density at radius 3 is 3.00 bits per heavy atom. The topological polar surface area (TPSA) is 81.3 Å². The molecule has 2 saturated heterocycles. The van der Waals surface area contributed by atoms with Gasteiger partial charge < -0.3 is 15.6 Å². The molecule has 0 amide bonds. The van der Waals surface area contributed by atoms with Crippen molar-refractivity contribution in [2.24, 2.45) is 11.1 Å². The summed E-state index contributed by atoms with van der Waals surface area (Å²) in [6.45, 7) is 0.430. The van der Waals surface area contributed by atoms with Crippen molar-refractivity contribution in [3.05, 3.63) is 24.3 Å². The maximum atomic E-state index is 10.5. The second-order valence-corrected chi connectivity index (χ2v) is 5.00. The fraction of sp³-hybridized carbons (Fsp3) is 0.667. The van der Waals surface area contributed by atoms with Gasteiger partial charge in [0.15, 0.2) is 0 Å². The van der Waals surface area contributed by atoms with Crippen LogP contribution in [-0.2, 0) is 4.74 Å². The molecule has 3 heterocycles. The summed E-state index contributed by atoms with van der Waals surface area (Å²) in [7, 11) is 0. The van der Waals surface area contributed by atoms with Gasteiger partial charge in [0, 0.05) is 18.2 Å². The lowest BCUT2D eigenvalue weighted by Crippen LogP contribution is -2.44. The fourth-order valence-electron chi connectivity index (χ4n) is 3.21. The number of aliphatic hydroxyl groups excluding tert-OH is 1. The smallest absolute Gasteiger partial charge is 0.115 e. The predicted octanol–water partition coefficient (Wildman–Crippen LogP) is 0.406. The summed E-state index contributed by atoms with van der Waals surface area (Å²) in [5.41, 5.74) is 6.19. The summed E-state index contributed by atoms with van der Waals surface area (Å²) in [6.07, 6.45) is 5.68. The normalized spacial score (nSPS) is 37.3. The van der Waals surface area contributed by atoms with Crippen molar-refractivity contribution < 1.29 is 9.84 Å². The van der Waals surface area contributed by atoms with E-state index in [0.717, 1.165) is 19.3 Å². The summed E-state index contributed by atoms with van der Waals surface area (Å²) in [5, 5.41) is 10.5. The number of aromatic nitrogens is 2. The summed E-state index contributed by atoms with van der Waals surface area (Å²) in [5.74, 6) is 0. The highest BCUT2D eigenvalue weighted by Crippen LogP contribution is 2.53. The van der Waals surface area contributed by atoms with Gasteiger partial charge in [-0.15, -0.1) is 0 Å². The molecule has 92 valence electrons. The number of hydrogen-bond donors (Lipinski definition) is 2. The van der Waals surface area contributed by atoms with E-state index in [1.165, 1.54) is 6.33 Å². The zero-order valence-corrected chi connectivity index (χ0v) is 9.62. The molecule has 2 aliphatic rings. The third-order valence-corrected chi connectivity index (χ3v) is 4.17. The Kier molecular flexibility index (Phi) is 2.61. The van der Waals surface area contributed by atoms with Gasteiger partial charge in [0.25, 0.3) is 0 Å². The van der Waals surface area contributed by atoms with Crippen molar-refractivity contribution in [2.75, 3.05) is 6.54 Å². The van der Waals surface area contributed by atoms with E-state index < -0.39 is 6.10 Å². The average molecular weight is 235 g/mol. The highest BCUT2D eigenvalue weighted by atomic mass is 16.5. The number of rotatable bonds is 3. The molecule has 5 nitrogen and oxygen atoms in total. The maximum Gasteiger partial charge on any atom is 0.115 e. The van der Waals surface area contributed by atoms with Crippen LogP contribution < -0.4 is 5.73 Å². The summed E-state index contributed by atoms with van der Waals surface area (Å²) < 4.78 is 5.84. The van der Waals surface area contributed by atoms with Crippen LogP contribution in [0.2, 0.25) is 0 Å². The predicted molar refractivity (Wildman–Crippen MR) is 61.0 cm³/mol. The van der Waals surface area contributed by atoms with Crippen LogP contribution in [0.3, 0.4) is 0 Å². The molecule has 0 radical (unpaired) electrons. The molecule has 2 bridgehead atoms. The lowest BCUT2D eigenvalue weighted by atomic mass is 9.69. The molecule has 5 heteroatoms. The van der Waals surface area contributed by atoms with Crippen LogP contribution in [-0.4, -0.2) is 33.8 Å². The van der Waals surface area contributed by atoms with Crippen molar-refractivity contribution in [1.29, 1.82) is 0 Å². The number of nitrogens with zero attached hydrogens (tertiary/aromatic N) is 2. The SMILES string of the molecule is NCC1(C(O)c2ccncn2)CC2CCC1O2. The van der Waals surface area contributed by atoms with Crippen molar-refractivity contribution in [1.82, 2.24) is 9.97 Å². The third kappa shape index (κ3) is 1.57. The van der Waals surface area contributed by atoms with E-state index in [1.54, 1.807) is 12.3 Å². The Balaban J connectivity index is 1.91. The van der Waals surface area contributed by atoms with E-state index in [2.05, 4.69) is 9.97 Å². The fourth-order valence-corrected chi connectivity index (χ4v) is 3.21. The molecule has 3 rings (SSSR count). The van der Waals surface area contributed by atoms with Gasteiger partial charge in [-0.05, 0) is 25.3 Å². The van der Waals surface area contributed by atoms with Gasteiger partial charge in [0.05, 0.1) is 17.9 Å². The summed E-state index contributed by atoms with van der Waals surface area (Å²) in [6, 6.07) is 1.74. The minimum absolute atomic E-state index is 0.0717. The number of aliphatic hydroxyl groups is 1. The first-order valence-corrected chi connectivity index (χ1v) is 6.06. The first-order chi connectivity index (χ1) is 8.26. The van der Waals surface area contributed by atoms with E-state index in [1.807, 2.05) is 0 Å². The molecule has 2 fully saturated rings. The molecule has 4 unspecified atom stereocenters. The lowest BCUT2D eigenvalue weighted by molar-refractivity contribution is -0.0285. The van der Waals surface area contributed by atoms with Gasteiger partial charge in [-0.25, -0.2) is 9.97 Å². The van der Waals surface area contributed by atoms with Gasteiger partial charge >= 0.3 is 0 Å². The lowest BCUT2D eigenvalue weighted by Gasteiger charge is -2.38. The van der Waals surface area contributed by atoms with Crippen LogP contribution in [0.25, 0.3) is 0 Å². The Bertz CT molecular complexity index is 400. The van der Waals surface area contributed by atoms with E-state index in [9.17, 15) is 5.11 Å². The van der Waals surface area contributed by atoms with Crippen LogP contribution >= 0.6 is 0 Å². The van der Waals surface area contributed by atoms with Gasteiger partial charge in [-0.3, -0.25) is 0 Å². The standard InChI is InChI=1S/C12H17N3O2/c13-6-12(5-8-1-2-10(12)17-8)11(16)9-3-4-14-7-15-9/h3-4,7-8,10-11,16H,1-2,5-6,13H2. The van der Waals surface area contributed by atoms with Crippen LogP contribution in [0.5, 0.6) is 0 Å². The number of fused-ring (bicyclic) bond motifs is 2. The van der Waals surface area contributed by atoms with Gasteiger partial charge in [0.2, 0.25) is 0 Å². The first-order valence-electron chi connectivity index (χ1n) is 6.06. The van der Waals surface area contributed by atoms with E-state index in [4.69, 9.17) is 10.5 Å². The van der Waals surface area contributed by atoms with Gasteiger partial charge in [-0.2, -0.15) is 0 Å². The van der Waals surface area contributed by atoms with Crippen molar-refractivity contribution in [2.45, 2.75) is 37.6 Å². The number of nitrogens with two attached hydrogens (primary N) is 1. The highest BCUT2D eigenvalue weighted by molar-refractivity contribution is 5.14. The largest absolute Gasteiger partial charge is 0.386 e. The first kappa shape index (κ1) is 11.1. The van der Waals surface area contributed by atoms with Crippen molar-refractivity contribution in [3.8, 4) is 0 Å². The monoisotopic (exact) mass is 235 g/mol.